The molecular weight excluding hydrogens is 240 g/mol. The van der Waals surface area contributed by atoms with Gasteiger partial charge in [0.25, 0.3) is 0 Å². The van der Waals surface area contributed by atoms with E-state index in [1.54, 1.807) is 0 Å². The molecule has 2 atom stereocenters. The van der Waals surface area contributed by atoms with Crippen molar-refractivity contribution in [3.8, 4) is 0 Å². The molecule has 1 aromatic rings. The van der Waals surface area contributed by atoms with Crippen LogP contribution >= 0.6 is 0 Å². The van der Waals surface area contributed by atoms with E-state index in [1.165, 1.54) is 5.56 Å². The Labute approximate surface area is 114 Å². The predicted molar refractivity (Wildman–Crippen MR) is 76.4 cm³/mol. The molecular formula is C15H22N2O2. The molecule has 0 bridgehead atoms. The average molecular weight is 262 g/mol. The number of aliphatic hydroxyl groups excluding tert-OH is 1. The summed E-state index contributed by atoms with van der Waals surface area (Å²) in [5, 5.41) is 12.4. The molecule has 104 valence electrons. The second-order valence-corrected chi connectivity index (χ2v) is 5.20. The van der Waals surface area contributed by atoms with Crippen LogP contribution in [0.1, 0.15) is 25.0 Å². The number of hydrogen-bond acceptors (Lipinski definition) is 3. The van der Waals surface area contributed by atoms with Gasteiger partial charge in [0, 0.05) is 18.3 Å². The predicted octanol–water partition coefficient (Wildman–Crippen LogP) is 1.24. The van der Waals surface area contributed by atoms with Gasteiger partial charge in [-0.3, -0.25) is 4.79 Å². The molecule has 2 rings (SSSR count). The molecule has 0 aromatic heterocycles. The maximum atomic E-state index is 12.0. The van der Waals surface area contributed by atoms with E-state index in [-0.39, 0.29) is 18.6 Å². The van der Waals surface area contributed by atoms with Crippen molar-refractivity contribution in [3.63, 3.8) is 0 Å². The molecule has 1 amide bonds. The lowest BCUT2D eigenvalue weighted by molar-refractivity contribution is -0.125. The number of piperazine rings is 1. The Kier molecular flexibility index (Phi) is 4.10. The van der Waals surface area contributed by atoms with Gasteiger partial charge in [0.15, 0.2) is 0 Å². The van der Waals surface area contributed by atoms with Gasteiger partial charge in [-0.15, -0.1) is 0 Å². The number of aliphatic hydroxyl groups is 1. The molecule has 4 heteroatoms. The molecule has 1 aliphatic heterocycles. The fourth-order valence-electron chi connectivity index (χ4n) is 2.79. The van der Waals surface area contributed by atoms with Gasteiger partial charge in [0.1, 0.15) is 6.04 Å². The second kappa shape index (κ2) is 5.61. The van der Waals surface area contributed by atoms with Crippen LogP contribution in [-0.2, 0) is 11.2 Å². The molecule has 1 heterocycles. The smallest absolute Gasteiger partial charge is 0.245 e. The number of nitrogens with zero attached hydrogens (tertiary/aromatic N) is 1. The molecule has 0 saturated carbocycles. The summed E-state index contributed by atoms with van der Waals surface area (Å²) in [4.78, 5) is 14.1. The molecule has 19 heavy (non-hydrogen) atoms. The molecule has 1 fully saturated rings. The van der Waals surface area contributed by atoms with Crippen LogP contribution in [0, 0.1) is 6.92 Å². The van der Waals surface area contributed by atoms with Gasteiger partial charge < -0.3 is 15.3 Å². The minimum Gasteiger partial charge on any atom is -0.394 e. The Morgan fingerprint density at radius 2 is 2.21 bits per heavy atom. The molecule has 1 aliphatic rings. The van der Waals surface area contributed by atoms with E-state index >= 15 is 0 Å². The third-order valence-corrected chi connectivity index (χ3v) is 3.70. The molecule has 0 radical (unpaired) electrons. The summed E-state index contributed by atoms with van der Waals surface area (Å²) in [6, 6.07) is 5.80. The highest BCUT2D eigenvalue weighted by molar-refractivity contribution is 5.87. The summed E-state index contributed by atoms with van der Waals surface area (Å²) >= 11 is 0. The van der Waals surface area contributed by atoms with Crippen molar-refractivity contribution >= 4 is 11.6 Å². The van der Waals surface area contributed by atoms with Gasteiger partial charge in [-0.1, -0.05) is 25.1 Å². The van der Waals surface area contributed by atoms with E-state index < -0.39 is 6.04 Å². The van der Waals surface area contributed by atoms with Gasteiger partial charge in [-0.25, -0.2) is 0 Å². The summed E-state index contributed by atoms with van der Waals surface area (Å²) in [5.74, 6) is -0.0912. The van der Waals surface area contributed by atoms with Crippen LogP contribution < -0.4 is 10.2 Å². The summed E-state index contributed by atoms with van der Waals surface area (Å²) in [7, 11) is 0. The van der Waals surface area contributed by atoms with Crippen molar-refractivity contribution in [2.45, 2.75) is 39.3 Å². The zero-order chi connectivity index (χ0) is 14.0. The molecule has 2 N–H and O–H groups in total. The maximum Gasteiger partial charge on any atom is 0.245 e. The van der Waals surface area contributed by atoms with Crippen LogP contribution in [0.3, 0.4) is 0 Å². The van der Waals surface area contributed by atoms with Crippen LogP contribution in [-0.4, -0.2) is 36.2 Å². The molecule has 0 aliphatic carbocycles. The Balaban J connectivity index is 2.45. The van der Waals surface area contributed by atoms with Crippen LogP contribution in [0.4, 0.5) is 5.69 Å². The largest absolute Gasteiger partial charge is 0.394 e. The highest BCUT2D eigenvalue weighted by Crippen LogP contribution is 2.29. The normalized spacial score (nSPS) is 23.4. The summed E-state index contributed by atoms with van der Waals surface area (Å²) < 4.78 is 0. The van der Waals surface area contributed by atoms with E-state index in [9.17, 15) is 9.90 Å². The molecule has 0 spiro atoms. The van der Waals surface area contributed by atoms with Gasteiger partial charge in [0.05, 0.1) is 6.61 Å². The van der Waals surface area contributed by atoms with E-state index in [2.05, 4.69) is 36.2 Å². The van der Waals surface area contributed by atoms with Crippen LogP contribution in [0.2, 0.25) is 0 Å². The monoisotopic (exact) mass is 262 g/mol. The second-order valence-electron chi connectivity index (χ2n) is 5.20. The van der Waals surface area contributed by atoms with Gasteiger partial charge in [0.2, 0.25) is 5.91 Å². The third kappa shape index (κ3) is 2.59. The number of rotatable bonds is 3. The fraction of sp³-hybridized carbons (Fsp3) is 0.533. The number of anilines is 1. The number of hydrogen-bond donors (Lipinski definition) is 2. The highest BCUT2D eigenvalue weighted by Gasteiger charge is 2.33. The van der Waals surface area contributed by atoms with Crippen molar-refractivity contribution in [3.05, 3.63) is 29.3 Å². The number of nitrogens with one attached hydrogen (secondary N) is 1. The zero-order valence-electron chi connectivity index (χ0n) is 11.8. The fourth-order valence-corrected chi connectivity index (χ4v) is 2.79. The molecule has 1 aromatic carbocycles. The number of carbonyl (C=O) groups excluding carboxylic acids is 1. The van der Waals surface area contributed by atoms with Gasteiger partial charge in [-0.2, -0.15) is 0 Å². The average Bonchev–Trinajstić information content (AvgIpc) is 2.37. The number of benzene rings is 1. The third-order valence-electron chi connectivity index (χ3n) is 3.70. The summed E-state index contributed by atoms with van der Waals surface area (Å²) in [6.45, 7) is 6.73. The standard InChI is InChI=1S/C15H22N2O2/c1-4-12-7-5-6-10(2)14(12)17-8-11(3)16-15(19)13(17)9-18/h5-7,11,13,18H,4,8-9H2,1-3H3,(H,16,19). The van der Waals surface area contributed by atoms with E-state index in [1.807, 2.05) is 13.0 Å². The first kappa shape index (κ1) is 13.9. The lowest BCUT2D eigenvalue weighted by Gasteiger charge is -2.40. The van der Waals surface area contributed by atoms with E-state index in [0.717, 1.165) is 24.2 Å². The number of carbonyl (C=O) groups is 1. The van der Waals surface area contributed by atoms with E-state index in [4.69, 9.17) is 0 Å². The Bertz CT molecular complexity index is 473. The lowest BCUT2D eigenvalue weighted by atomic mass is 10.0. The Morgan fingerprint density at radius 1 is 1.47 bits per heavy atom. The number of amides is 1. The SMILES string of the molecule is CCc1cccc(C)c1N1CC(C)NC(=O)C1CO. The molecule has 2 unspecified atom stereocenters. The first-order valence-corrected chi connectivity index (χ1v) is 6.84. The first-order valence-electron chi connectivity index (χ1n) is 6.84. The van der Waals surface area contributed by atoms with Gasteiger partial charge in [-0.05, 0) is 31.4 Å². The lowest BCUT2D eigenvalue weighted by Crippen LogP contribution is -2.61. The quantitative estimate of drug-likeness (QED) is 0.862. The highest BCUT2D eigenvalue weighted by atomic mass is 16.3. The van der Waals surface area contributed by atoms with Crippen molar-refractivity contribution in [1.29, 1.82) is 0 Å². The molecule has 4 nitrogen and oxygen atoms in total. The van der Waals surface area contributed by atoms with Crippen molar-refractivity contribution in [2.24, 2.45) is 0 Å². The van der Waals surface area contributed by atoms with Crippen molar-refractivity contribution < 1.29 is 9.90 Å². The minimum atomic E-state index is -0.484. The topological polar surface area (TPSA) is 52.6 Å². The zero-order valence-corrected chi connectivity index (χ0v) is 11.8. The first-order chi connectivity index (χ1) is 9.08. The Hall–Kier alpha value is -1.55. The van der Waals surface area contributed by atoms with Gasteiger partial charge >= 0.3 is 0 Å². The summed E-state index contributed by atoms with van der Waals surface area (Å²) in [5.41, 5.74) is 3.48. The maximum absolute atomic E-state index is 12.0. The van der Waals surface area contributed by atoms with Crippen molar-refractivity contribution in [1.82, 2.24) is 5.32 Å². The number of para-hydroxylation sites is 1. The van der Waals surface area contributed by atoms with Crippen LogP contribution in [0.15, 0.2) is 18.2 Å². The van der Waals surface area contributed by atoms with Crippen LogP contribution in [0.25, 0.3) is 0 Å². The van der Waals surface area contributed by atoms with Crippen LogP contribution in [0.5, 0.6) is 0 Å². The Morgan fingerprint density at radius 3 is 2.84 bits per heavy atom. The summed E-state index contributed by atoms with van der Waals surface area (Å²) in [6.07, 6.45) is 0.918. The minimum absolute atomic E-state index is 0.0912. The molecule has 1 saturated heterocycles. The van der Waals surface area contributed by atoms with E-state index in [0.29, 0.717) is 0 Å². The number of aryl methyl sites for hydroxylation is 2. The van der Waals surface area contributed by atoms with Crippen molar-refractivity contribution in [2.75, 3.05) is 18.1 Å².